The standard InChI is InChI=1S/C21H27N5O4/c1-13-10-18(27)26-19(14-11-16(29-3)17(30-4)12-15(14)28-2)23-20(24-21(26)22-13)25-8-6-5-7-9-25/h10-12,19H,5-9H2,1-4H3,(H,22,23,24)/t19-/m0/s1. The first kappa shape index (κ1) is 20.1. The average Bonchev–Trinajstić information content (AvgIpc) is 2.77. The smallest absolute Gasteiger partial charge is 0.257 e. The van der Waals surface area contributed by atoms with Gasteiger partial charge in [-0.25, -0.2) is 9.98 Å². The minimum atomic E-state index is -0.645. The number of fused-ring (bicyclic) bond motifs is 1. The van der Waals surface area contributed by atoms with E-state index in [0.717, 1.165) is 25.9 Å². The van der Waals surface area contributed by atoms with Gasteiger partial charge in [0.15, 0.2) is 17.7 Å². The first-order chi connectivity index (χ1) is 14.5. The van der Waals surface area contributed by atoms with Crippen LogP contribution in [0, 0.1) is 6.92 Å². The second-order valence-electron chi connectivity index (χ2n) is 7.38. The third kappa shape index (κ3) is 3.55. The van der Waals surface area contributed by atoms with Gasteiger partial charge in [0.1, 0.15) is 5.75 Å². The number of hydrogen-bond donors (Lipinski definition) is 1. The Kier molecular flexibility index (Phi) is 5.52. The van der Waals surface area contributed by atoms with Crippen molar-refractivity contribution in [3.8, 4) is 17.2 Å². The summed E-state index contributed by atoms with van der Waals surface area (Å²) in [4.78, 5) is 24.6. The van der Waals surface area contributed by atoms with Crippen molar-refractivity contribution in [1.82, 2.24) is 14.5 Å². The van der Waals surface area contributed by atoms with Gasteiger partial charge in [0, 0.05) is 36.5 Å². The maximum Gasteiger partial charge on any atom is 0.257 e. The van der Waals surface area contributed by atoms with E-state index in [1.54, 1.807) is 38.0 Å². The van der Waals surface area contributed by atoms with E-state index in [2.05, 4.69) is 15.2 Å². The molecule has 3 heterocycles. The summed E-state index contributed by atoms with van der Waals surface area (Å²) in [5, 5.41) is 3.27. The van der Waals surface area contributed by atoms with E-state index in [1.165, 1.54) is 12.5 Å². The summed E-state index contributed by atoms with van der Waals surface area (Å²) in [5.74, 6) is 2.82. The number of nitrogens with one attached hydrogen (secondary N) is 1. The summed E-state index contributed by atoms with van der Waals surface area (Å²) in [6.45, 7) is 3.64. The van der Waals surface area contributed by atoms with Crippen LogP contribution in [0.5, 0.6) is 17.2 Å². The van der Waals surface area contributed by atoms with Gasteiger partial charge in [-0.05, 0) is 32.3 Å². The molecule has 2 aliphatic rings. The first-order valence-corrected chi connectivity index (χ1v) is 10.1. The van der Waals surface area contributed by atoms with Crippen LogP contribution < -0.4 is 25.1 Å². The molecule has 1 aromatic carbocycles. The highest BCUT2D eigenvalue weighted by Gasteiger charge is 2.31. The number of anilines is 1. The lowest BCUT2D eigenvalue weighted by molar-refractivity contribution is 0.333. The van der Waals surface area contributed by atoms with Gasteiger partial charge in [0.25, 0.3) is 5.56 Å². The van der Waals surface area contributed by atoms with Crippen LogP contribution in [0.1, 0.15) is 36.7 Å². The number of aliphatic imine (C=N–C) groups is 1. The fourth-order valence-corrected chi connectivity index (χ4v) is 3.97. The van der Waals surface area contributed by atoms with Crippen molar-refractivity contribution in [2.24, 2.45) is 4.99 Å². The average molecular weight is 413 g/mol. The Bertz CT molecular complexity index is 1030. The summed E-state index contributed by atoms with van der Waals surface area (Å²) in [6.07, 6.45) is 2.79. The summed E-state index contributed by atoms with van der Waals surface area (Å²) in [7, 11) is 4.72. The monoisotopic (exact) mass is 413 g/mol. The highest BCUT2D eigenvalue weighted by Crippen LogP contribution is 2.40. The van der Waals surface area contributed by atoms with Crippen molar-refractivity contribution in [3.63, 3.8) is 0 Å². The molecule has 2 aliphatic heterocycles. The number of rotatable bonds is 4. The van der Waals surface area contributed by atoms with Gasteiger partial charge >= 0.3 is 0 Å². The molecule has 1 N–H and O–H groups in total. The Balaban J connectivity index is 1.90. The zero-order chi connectivity index (χ0) is 21.3. The van der Waals surface area contributed by atoms with Crippen LogP contribution in [0.2, 0.25) is 0 Å². The van der Waals surface area contributed by atoms with Crippen LogP contribution in [0.25, 0.3) is 0 Å². The number of likely N-dealkylation sites (tertiary alicyclic amines) is 1. The molecule has 9 heteroatoms. The number of aryl methyl sites for hydroxylation is 1. The molecule has 1 saturated heterocycles. The molecule has 0 aliphatic carbocycles. The number of aromatic nitrogens is 2. The molecule has 0 unspecified atom stereocenters. The van der Waals surface area contributed by atoms with Crippen LogP contribution in [0.4, 0.5) is 5.95 Å². The van der Waals surface area contributed by atoms with Crippen LogP contribution >= 0.6 is 0 Å². The predicted molar refractivity (Wildman–Crippen MR) is 114 cm³/mol. The summed E-state index contributed by atoms with van der Waals surface area (Å²) >= 11 is 0. The lowest BCUT2D eigenvalue weighted by Crippen LogP contribution is -2.45. The van der Waals surface area contributed by atoms with Gasteiger partial charge in [0.2, 0.25) is 11.9 Å². The van der Waals surface area contributed by atoms with Crippen molar-refractivity contribution < 1.29 is 14.2 Å². The van der Waals surface area contributed by atoms with Crippen LogP contribution in [-0.4, -0.2) is 54.8 Å². The largest absolute Gasteiger partial charge is 0.496 e. The number of benzene rings is 1. The summed E-state index contributed by atoms with van der Waals surface area (Å²) < 4.78 is 18.1. The molecule has 0 saturated carbocycles. The van der Waals surface area contributed by atoms with Crippen LogP contribution in [-0.2, 0) is 0 Å². The maximum absolute atomic E-state index is 12.9. The number of nitrogens with zero attached hydrogens (tertiary/aromatic N) is 4. The minimum Gasteiger partial charge on any atom is -0.496 e. The zero-order valence-electron chi connectivity index (χ0n) is 17.8. The number of hydrogen-bond acceptors (Lipinski definition) is 8. The predicted octanol–water partition coefficient (Wildman–Crippen LogP) is 2.39. The second-order valence-corrected chi connectivity index (χ2v) is 7.38. The van der Waals surface area contributed by atoms with E-state index in [0.29, 0.717) is 40.4 Å². The van der Waals surface area contributed by atoms with E-state index in [1.807, 2.05) is 6.92 Å². The Morgan fingerprint density at radius 3 is 2.30 bits per heavy atom. The lowest BCUT2D eigenvalue weighted by Gasteiger charge is -2.35. The molecule has 0 bridgehead atoms. The SMILES string of the molecule is COc1cc(OC)c([C@H]2N=C(N3CCCCC3)Nc3nc(C)cc(=O)n32)cc1OC. The normalized spacial score (nSPS) is 18.2. The minimum absolute atomic E-state index is 0.187. The van der Waals surface area contributed by atoms with Crippen LogP contribution in [0.3, 0.4) is 0 Å². The van der Waals surface area contributed by atoms with E-state index in [9.17, 15) is 4.79 Å². The molecule has 0 amide bonds. The van der Waals surface area contributed by atoms with Crippen molar-refractivity contribution in [2.75, 3.05) is 39.7 Å². The lowest BCUT2D eigenvalue weighted by atomic mass is 10.1. The van der Waals surface area contributed by atoms with Crippen molar-refractivity contribution >= 4 is 11.9 Å². The highest BCUT2D eigenvalue weighted by molar-refractivity contribution is 5.93. The van der Waals surface area contributed by atoms with Gasteiger partial charge in [-0.1, -0.05) is 0 Å². The van der Waals surface area contributed by atoms with Crippen molar-refractivity contribution in [2.45, 2.75) is 32.4 Å². The van der Waals surface area contributed by atoms with E-state index in [-0.39, 0.29) is 5.56 Å². The molecule has 4 rings (SSSR count). The molecule has 0 radical (unpaired) electrons. The fraction of sp³-hybridized carbons (Fsp3) is 0.476. The van der Waals surface area contributed by atoms with E-state index < -0.39 is 6.17 Å². The molecular formula is C21H27N5O4. The first-order valence-electron chi connectivity index (χ1n) is 10.1. The van der Waals surface area contributed by atoms with Gasteiger partial charge < -0.3 is 19.1 Å². The molecular weight excluding hydrogens is 386 g/mol. The topological polar surface area (TPSA) is 90.2 Å². The Hall–Kier alpha value is -3.23. The molecule has 160 valence electrons. The number of methoxy groups -OCH3 is 3. The van der Waals surface area contributed by atoms with Gasteiger partial charge in [-0.3, -0.25) is 14.7 Å². The molecule has 0 spiro atoms. The Morgan fingerprint density at radius 2 is 1.63 bits per heavy atom. The molecule has 1 aromatic heterocycles. The summed E-state index contributed by atoms with van der Waals surface area (Å²) in [5.41, 5.74) is 1.16. The third-order valence-electron chi connectivity index (χ3n) is 5.46. The molecule has 30 heavy (non-hydrogen) atoms. The molecule has 9 nitrogen and oxygen atoms in total. The van der Waals surface area contributed by atoms with E-state index in [4.69, 9.17) is 19.2 Å². The van der Waals surface area contributed by atoms with Crippen molar-refractivity contribution in [3.05, 3.63) is 39.8 Å². The number of piperidine rings is 1. The van der Waals surface area contributed by atoms with Crippen LogP contribution in [0.15, 0.2) is 28.0 Å². The Labute approximate surface area is 175 Å². The van der Waals surface area contributed by atoms with Gasteiger partial charge in [-0.2, -0.15) is 0 Å². The molecule has 1 fully saturated rings. The van der Waals surface area contributed by atoms with Crippen molar-refractivity contribution in [1.29, 1.82) is 0 Å². The van der Waals surface area contributed by atoms with E-state index >= 15 is 0 Å². The zero-order valence-corrected chi connectivity index (χ0v) is 17.8. The number of ether oxygens (including phenoxy) is 3. The molecule has 1 atom stereocenters. The van der Waals surface area contributed by atoms with Gasteiger partial charge in [0.05, 0.1) is 21.3 Å². The van der Waals surface area contributed by atoms with Gasteiger partial charge in [-0.15, -0.1) is 0 Å². The fourth-order valence-electron chi connectivity index (χ4n) is 3.97. The Morgan fingerprint density at radius 1 is 0.967 bits per heavy atom. The third-order valence-corrected chi connectivity index (χ3v) is 5.46. The maximum atomic E-state index is 12.9. The quantitative estimate of drug-likeness (QED) is 0.823. The number of guanidine groups is 1. The molecule has 2 aromatic rings. The highest BCUT2D eigenvalue weighted by atomic mass is 16.5. The summed E-state index contributed by atoms with van der Waals surface area (Å²) in [6, 6.07) is 5.06. The second kappa shape index (κ2) is 8.25.